The number of benzene rings is 3. The van der Waals surface area contributed by atoms with Gasteiger partial charge in [-0.3, -0.25) is 13.9 Å². The van der Waals surface area contributed by atoms with Gasteiger partial charge in [0.25, 0.3) is 0 Å². The number of carbonyl (C=O) groups is 2. The Kier molecular flexibility index (Phi) is 10.7. The Morgan fingerprint density at radius 1 is 0.927 bits per heavy atom. The molecule has 3 aromatic carbocycles. The van der Waals surface area contributed by atoms with Crippen LogP contribution in [0.4, 0.5) is 5.69 Å². The van der Waals surface area contributed by atoms with E-state index in [2.05, 4.69) is 5.32 Å². The second kappa shape index (κ2) is 13.6. The highest BCUT2D eigenvalue weighted by molar-refractivity contribution is 7.92. The van der Waals surface area contributed by atoms with E-state index in [1.807, 2.05) is 51.1 Å². The van der Waals surface area contributed by atoms with Crippen LogP contribution in [0.1, 0.15) is 38.8 Å². The SMILES string of the molecule is CC(C(=O)NC(C)(C)C)N(Cc1c(Cl)cccc1Cl)C(=O)CN(c1ccc(OCc2ccccc2)cc1)S(C)(=O)=O. The second-order valence-electron chi connectivity index (χ2n) is 10.7. The van der Waals surface area contributed by atoms with Gasteiger partial charge in [0.15, 0.2) is 0 Å². The lowest BCUT2D eigenvalue weighted by Gasteiger charge is -2.33. The minimum Gasteiger partial charge on any atom is -0.489 e. The van der Waals surface area contributed by atoms with Crippen LogP contribution in [-0.4, -0.2) is 49.5 Å². The molecule has 0 heterocycles. The lowest BCUT2D eigenvalue weighted by atomic mass is 10.1. The van der Waals surface area contributed by atoms with Gasteiger partial charge in [0.1, 0.15) is 24.9 Å². The van der Waals surface area contributed by atoms with Crippen LogP contribution >= 0.6 is 23.2 Å². The van der Waals surface area contributed by atoms with Gasteiger partial charge in [-0.2, -0.15) is 0 Å². The molecule has 220 valence electrons. The molecular formula is C30H35Cl2N3O5S. The van der Waals surface area contributed by atoms with E-state index in [1.54, 1.807) is 49.4 Å². The molecular weight excluding hydrogens is 585 g/mol. The number of nitrogens with zero attached hydrogens (tertiary/aromatic N) is 2. The van der Waals surface area contributed by atoms with E-state index in [1.165, 1.54) is 4.90 Å². The first-order chi connectivity index (χ1) is 19.2. The van der Waals surface area contributed by atoms with E-state index in [0.717, 1.165) is 16.1 Å². The number of sulfonamides is 1. The zero-order valence-corrected chi connectivity index (χ0v) is 26.1. The van der Waals surface area contributed by atoms with Crippen LogP contribution in [0.15, 0.2) is 72.8 Å². The molecule has 0 fully saturated rings. The molecule has 1 atom stereocenters. The van der Waals surface area contributed by atoms with Gasteiger partial charge in [-0.05, 0) is 69.7 Å². The lowest BCUT2D eigenvalue weighted by molar-refractivity contribution is -0.140. The van der Waals surface area contributed by atoms with Gasteiger partial charge in [0, 0.05) is 27.7 Å². The molecule has 8 nitrogen and oxygen atoms in total. The number of nitrogens with one attached hydrogen (secondary N) is 1. The topological polar surface area (TPSA) is 96.0 Å². The molecule has 41 heavy (non-hydrogen) atoms. The standard InChI is InChI=1S/C30H35Cl2N3O5S/c1-21(29(37)33-30(2,3)4)34(18-25-26(31)12-9-13-27(25)32)28(36)19-35(41(5,38)39)23-14-16-24(17-15-23)40-20-22-10-7-6-8-11-22/h6-17,21H,18-20H2,1-5H3,(H,33,37). The maximum atomic E-state index is 13.8. The van der Waals surface area contributed by atoms with Crippen molar-refractivity contribution >= 4 is 50.7 Å². The Hall–Kier alpha value is -3.27. The van der Waals surface area contributed by atoms with E-state index >= 15 is 0 Å². The molecule has 0 aromatic heterocycles. The molecule has 0 saturated heterocycles. The Balaban J connectivity index is 1.87. The van der Waals surface area contributed by atoms with E-state index in [4.69, 9.17) is 27.9 Å². The number of anilines is 1. The molecule has 2 amide bonds. The van der Waals surface area contributed by atoms with Crippen molar-refractivity contribution in [1.82, 2.24) is 10.2 Å². The average molecular weight is 621 g/mol. The molecule has 0 aliphatic rings. The number of rotatable bonds is 11. The minimum atomic E-state index is -3.89. The molecule has 3 rings (SSSR count). The number of halogens is 2. The van der Waals surface area contributed by atoms with E-state index in [0.29, 0.717) is 28.0 Å². The summed E-state index contributed by atoms with van der Waals surface area (Å²) in [5, 5.41) is 3.52. The Morgan fingerprint density at radius 3 is 2.05 bits per heavy atom. The van der Waals surface area contributed by atoms with Crippen molar-refractivity contribution in [3.05, 3.63) is 94.0 Å². The highest BCUT2D eigenvalue weighted by Crippen LogP contribution is 2.28. The smallest absolute Gasteiger partial charge is 0.244 e. The number of hydrogen-bond donors (Lipinski definition) is 1. The molecule has 0 aliphatic carbocycles. The third kappa shape index (κ3) is 9.38. The predicted molar refractivity (Wildman–Crippen MR) is 164 cm³/mol. The highest BCUT2D eigenvalue weighted by Gasteiger charge is 2.32. The summed E-state index contributed by atoms with van der Waals surface area (Å²) in [5.41, 5.74) is 1.16. The van der Waals surface area contributed by atoms with E-state index < -0.39 is 40.0 Å². The van der Waals surface area contributed by atoms with Crippen molar-refractivity contribution < 1.29 is 22.7 Å². The van der Waals surface area contributed by atoms with Crippen LogP contribution in [0.2, 0.25) is 10.0 Å². The zero-order chi connectivity index (χ0) is 30.4. The predicted octanol–water partition coefficient (Wildman–Crippen LogP) is 5.67. The molecule has 1 unspecified atom stereocenters. The Morgan fingerprint density at radius 2 is 1.51 bits per heavy atom. The molecule has 0 radical (unpaired) electrons. The highest BCUT2D eigenvalue weighted by atomic mass is 35.5. The normalized spacial score (nSPS) is 12.4. The number of ether oxygens (including phenoxy) is 1. The quantitative estimate of drug-likeness (QED) is 0.298. The third-order valence-electron chi connectivity index (χ3n) is 6.11. The van der Waals surface area contributed by atoms with Gasteiger partial charge in [-0.15, -0.1) is 0 Å². The number of carbonyl (C=O) groups excluding carboxylic acids is 2. The van der Waals surface area contributed by atoms with Crippen LogP contribution in [0, 0.1) is 0 Å². The van der Waals surface area contributed by atoms with Crippen molar-refractivity contribution in [2.24, 2.45) is 0 Å². The van der Waals surface area contributed by atoms with Gasteiger partial charge >= 0.3 is 0 Å². The fourth-order valence-corrected chi connectivity index (χ4v) is 5.34. The Bertz CT molecular complexity index is 1440. The van der Waals surface area contributed by atoms with E-state index in [9.17, 15) is 18.0 Å². The summed E-state index contributed by atoms with van der Waals surface area (Å²) in [6.45, 7) is 6.77. The lowest BCUT2D eigenvalue weighted by Crippen LogP contribution is -2.54. The van der Waals surface area contributed by atoms with Crippen LogP contribution in [-0.2, 0) is 32.8 Å². The summed E-state index contributed by atoms with van der Waals surface area (Å²) < 4.78 is 32.5. The largest absolute Gasteiger partial charge is 0.489 e. The first-order valence-electron chi connectivity index (χ1n) is 12.9. The number of amides is 2. The van der Waals surface area contributed by atoms with Crippen LogP contribution in [0.3, 0.4) is 0 Å². The summed E-state index contributed by atoms with van der Waals surface area (Å²) in [6.07, 6.45) is 1.02. The first kappa shape index (κ1) is 32.2. The van der Waals surface area contributed by atoms with Gasteiger partial charge in [-0.25, -0.2) is 8.42 Å². The monoisotopic (exact) mass is 619 g/mol. The van der Waals surface area contributed by atoms with Gasteiger partial charge in [0.2, 0.25) is 21.8 Å². The van der Waals surface area contributed by atoms with Crippen LogP contribution in [0.25, 0.3) is 0 Å². The summed E-state index contributed by atoms with van der Waals surface area (Å²) in [4.78, 5) is 28.2. The van der Waals surface area contributed by atoms with Crippen molar-refractivity contribution in [2.75, 3.05) is 17.1 Å². The van der Waals surface area contributed by atoms with Crippen molar-refractivity contribution in [3.63, 3.8) is 0 Å². The number of hydrogen-bond acceptors (Lipinski definition) is 5. The third-order valence-corrected chi connectivity index (χ3v) is 7.96. The minimum absolute atomic E-state index is 0.0973. The summed E-state index contributed by atoms with van der Waals surface area (Å²) >= 11 is 12.8. The average Bonchev–Trinajstić information content (AvgIpc) is 2.89. The molecule has 0 aliphatic heterocycles. The maximum Gasteiger partial charge on any atom is 0.244 e. The molecule has 3 aromatic rings. The van der Waals surface area contributed by atoms with Crippen LogP contribution in [0.5, 0.6) is 5.75 Å². The van der Waals surface area contributed by atoms with E-state index in [-0.39, 0.29) is 12.2 Å². The summed E-state index contributed by atoms with van der Waals surface area (Å²) in [7, 11) is -3.89. The molecule has 11 heteroatoms. The molecule has 0 saturated carbocycles. The fourth-order valence-electron chi connectivity index (χ4n) is 3.97. The zero-order valence-electron chi connectivity index (χ0n) is 23.7. The summed E-state index contributed by atoms with van der Waals surface area (Å²) in [5.74, 6) is -0.466. The van der Waals surface area contributed by atoms with Crippen molar-refractivity contribution in [1.29, 1.82) is 0 Å². The van der Waals surface area contributed by atoms with Crippen molar-refractivity contribution in [3.8, 4) is 5.75 Å². The Labute approximate surface area is 252 Å². The maximum absolute atomic E-state index is 13.8. The molecule has 0 spiro atoms. The van der Waals surface area contributed by atoms with Gasteiger partial charge in [-0.1, -0.05) is 59.6 Å². The van der Waals surface area contributed by atoms with Crippen LogP contribution < -0.4 is 14.4 Å². The molecule has 0 bridgehead atoms. The second-order valence-corrected chi connectivity index (χ2v) is 13.4. The summed E-state index contributed by atoms with van der Waals surface area (Å²) in [6, 6.07) is 20.0. The first-order valence-corrected chi connectivity index (χ1v) is 15.5. The van der Waals surface area contributed by atoms with Crippen molar-refractivity contribution in [2.45, 2.75) is 52.4 Å². The van der Waals surface area contributed by atoms with Gasteiger partial charge < -0.3 is 15.0 Å². The fraction of sp³-hybridized carbons (Fsp3) is 0.333. The van der Waals surface area contributed by atoms with Gasteiger partial charge in [0.05, 0.1) is 11.9 Å². The molecule has 1 N–H and O–H groups in total.